The van der Waals surface area contributed by atoms with Crippen LogP contribution in [0.15, 0.2) is 24.3 Å². The lowest BCUT2D eigenvalue weighted by molar-refractivity contribution is -0.914. The second-order valence-electron chi connectivity index (χ2n) is 6.71. The standard InChI is InChI=1S/C18H29N3O2S/c1-14(2)12-21-8-9-23-17(13-21)11-20-18(24)19-10-15-4-6-16(22-3)7-5-15/h4-7,14,17H,8-13H2,1-3H3,(H2,19,20,24)/p+1/t17-/m1/s1. The summed E-state index contributed by atoms with van der Waals surface area (Å²) in [5.74, 6) is 1.58. The summed E-state index contributed by atoms with van der Waals surface area (Å²) in [6.45, 7) is 10.2. The molecule has 1 saturated heterocycles. The Morgan fingerprint density at radius 2 is 2.08 bits per heavy atom. The Hall–Kier alpha value is -1.37. The van der Waals surface area contributed by atoms with Crippen LogP contribution in [0.3, 0.4) is 0 Å². The maximum Gasteiger partial charge on any atom is 0.166 e. The first kappa shape index (κ1) is 19.0. The Morgan fingerprint density at radius 1 is 1.33 bits per heavy atom. The van der Waals surface area contributed by atoms with E-state index in [4.69, 9.17) is 21.7 Å². The number of thiocarbonyl (C=S) groups is 1. The van der Waals surface area contributed by atoms with Gasteiger partial charge in [0.25, 0.3) is 0 Å². The number of rotatable bonds is 7. The molecule has 1 aromatic rings. The summed E-state index contributed by atoms with van der Waals surface area (Å²) in [6, 6.07) is 7.97. The third-order valence-electron chi connectivity index (χ3n) is 4.12. The van der Waals surface area contributed by atoms with Crippen molar-refractivity contribution in [2.24, 2.45) is 5.92 Å². The van der Waals surface area contributed by atoms with Crippen LogP contribution in [0.5, 0.6) is 5.75 Å². The molecule has 3 N–H and O–H groups in total. The summed E-state index contributed by atoms with van der Waals surface area (Å²) in [7, 11) is 1.67. The molecule has 1 unspecified atom stereocenters. The number of methoxy groups -OCH3 is 1. The topological polar surface area (TPSA) is 47.0 Å². The monoisotopic (exact) mass is 352 g/mol. The van der Waals surface area contributed by atoms with E-state index >= 15 is 0 Å². The molecule has 1 aliphatic heterocycles. The van der Waals surface area contributed by atoms with Crippen molar-refractivity contribution >= 4 is 17.3 Å². The summed E-state index contributed by atoms with van der Waals surface area (Å²) in [4.78, 5) is 1.63. The Balaban J connectivity index is 1.66. The molecular weight excluding hydrogens is 322 g/mol. The zero-order chi connectivity index (χ0) is 17.4. The van der Waals surface area contributed by atoms with Gasteiger partial charge >= 0.3 is 0 Å². The molecular formula is C18H30N3O2S+. The molecule has 0 aromatic heterocycles. The quantitative estimate of drug-likeness (QED) is 0.628. The van der Waals surface area contributed by atoms with Crippen molar-refractivity contribution in [2.75, 3.05) is 39.9 Å². The Bertz CT molecular complexity index is 507. The van der Waals surface area contributed by atoms with E-state index in [1.165, 1.54) is 12.1 Å². The van der Waals surface area contributed by atoms with Gasteiger partial charge in [-0.05, 0) is 29.9 Å². The van der Waals surface area contributed by atoms with Crippen LogP contribution in [0.2, 0.25) is 0 Å². The van der Waals surface area contributed by atoms with Crippen molar-refractivity contribution in [3.63, 3.8) is 0 Å². The SMILES string of the molecule is COc1ccc(CNC(=S)NC[C@@H]2C[NH+](CC(C)C)CCO2)cc1. The summed E-state index contributed by atoms with van der Waals surface area (Å²) in [5.41, 5.74) is 1.17. The van der Waals surface area contributed by atoms with E-state index in [2.05, 4.69) is 24.5 Å². The third kappa shape index (κ3) is 6.63. The van der Waals surface area contributed by atoms with E-state index in [1.807, 2.05) is 24.3 Å². The predicted molar refractivity (Wildman–Crippen MR) is 101 cm³/mol. The van der Waals surface area contributed by atoms with E-state index in [0.29, 0.717) is 11.7 Å². The fourth-order valence-corrected chi connectivity index (χ4v) is 3.10. The molecule has 1 heterocycles. The molecule has 0 saturated carbocycles. The van der Waals surface area contributed by atoms with Gasteiger partial charge < -0.3 is 25.0 Å². The van der Waals surface area contributed by atoms with Crippen molar-refractivity contribution < 1.29 is 14.4 Å². The smallest absolute Gasteiger partial charge is 0.166 e. The highest BCUT2D eigenvalue weighted by Crippen LogP contribution is 2.10. The zero-order valence-electron chi connectivity index (χ0n) is 14.9. The van der Waals surface area contributed by atoms with Crippen LogP contribution in [0.1, 0.15) is 19.4 Å². The molecule has 24 heavy (non-hydrogen) atoms. The predicted octanol–water partition coefficient (Wildman–Crippen LogP) is 0.599. The van der Waals surface area contributed by atoms with Crippen LogP contribution >= 0.6 is 12.2 Å². The highest BCUT2D eigenvalue weighted by molar-refractivity contribution is 7.80. The average molecular weight is 353 g/mol. The number of nitrogens with one attached hydrogen (secondary N) is 3. The molecule has 2 atom stereocenters. The molecule has 0 radical (unpaired) electrons. The molecule has 1 aromatic carbocycles. The van der Waals surface area contributed by atoms with E-state index in [0.717, 1.165) is 37.9 Å². The third-order valence-corrected chi connectivity index (χ3v) is 4.41. The van der Waals surface area contributed by atoms with Crippen molar-refractivity contribution in [3.05, 3.63) is 29.8 Å². The summed E-state index contributed by atoms with van der Waals surface area (Å²) in [6.07, 6.45) is 0.230. The summed E-state index contributed by atoms with van der Waals surface area (Å²) < 4.78 is 11.0. The van der Waals surface area contributed by atoms with Crippen LogP contribution in [0, 0.1) is 5.92 Å². The number of morpholine rings is 1. The van der Waals surface area contributed by atoms with Crippen LogP contribution in [0.25, 0.3) is 0 Å². The Morgan fingerprint density at radius 3 is 2.75 bits per heavy atom. The lowest BCUT2D eigenvalue weighted by Crippen LogP contribution is -3.15. The van der Waals surface area contributed by atoms with Gasteiger partial charge in [-0.25, -0.2) is 0 Å². The van der Waals surface area contributed by atoms with Crippen LogP contribution < -0.4 is 20.3 Å². The maximum absolute atomic E-state index is 5.84. The Labute approximate surface area is 150 Å². The molecule has 6 heteroatoms. The van der Waals surface area contributed by atoms with E-state index < -0.39 is 0 Å². The van der Waals surface area contributed by atoms with Gasteiger partial charge in [0.1, 0.15) is 24.9 Å². The van der Waals surface area contributed by atoms with E-state index in [1.54, 1.807) is 12.0 Å². The average Bonchev–Trinajstić information content (AvgIpc) is 2.58. The zero-order valence-corrected chi connectivity index (χ0v) is 15.7. The number of hydrogen-bond donors (Lipinski definition) is 3. The minimum atomic E-state index is 0.230. The van der Waals surface area contributed by atoms with Crippen molar-refractivity contribution in [2.45, 2.75) is 26.5 Å². The highest BCUT2D eigenvalue weighted by Gasteiger charge is 2.24. The van der Waals surface area contributed by atoms with Gasteiger partial charge in [0.05, 0.1) is 20.3 Å². The number of quaternary nitrogens is 1. The number of benzene rings is 1. The summed E-state index contributed by atoms with van der Waals surface area (Å²) >= 11 is 5.36. The molecule has 5 nitrogen and oxygen atoms in total. The van der Waals surface area contributed by atoms with Crippen LogP contribution in [-0.2, 0) is 11.3 Å². The molecule has 0 bridgehead atoms. The molecule has 0 aliphatic carbocycles. The maximum atomic E-state index is 5.84. The molecule has 0 amide bonds. The van der Waals surface area contributed by atoms with E-state index in [-0.39, 0.29) is 6.10 Å². The van der Waals surface area contributed by atoms with Crippen molar-refractivity contribution in [3.8, 4) is 5.75 Å². The number of hydrogen-bond acceptors (Lipinski definition) is 3. The first-order valence-electron chi connectivity index (χ1n) is 8.66. The fraction of sp³-hybridized carbons (Fsp3) is 0.611. The van der Waals surface area contributed by atoms with Gasteiger partial charge in [-0.3, -0.25) is 0 Å². The lowest BCUT2D eigenvalue weighted by atomic mass is 10.2. The first-order chi connectivity index (χ1) is 11.6. The highest BCUT2D eigenvalue weighted by atomic mass is 32.1. The van der Waals surface area contributed by atoms with Crippen molar-refractivity contribution in [1.82, 2.24) is 10.6 Å². The minimum absolute atomic E-state index is 0.230. The van der Waals surface area contributed by atoms with Crippen LogP contribution in [-0.4, -0.2) is 51.1 Å². The van der Waals surface area contributed by atoms with Gasteiger partial charge in [-0.15, -0.1) is 0 Å². The molecule has 134 valence electrons. The van der Waals surface area contributed by atoms with Gasteiger partial charge in [0, 0.05) is 19.0 Å². The largest absolute Gasteiger partial charge is 0.497 e. The van der Waals surface area contributed by atoms with Gasteiger partial charge in [0.15, 0.2) is 5.11 Å². The minimum Gasteiger partial charge on any atom is -0.497 e. The molecule has 1 aliphatic rings. The van der Waals surface area contributed by atoms with Crippen molar-refractivity contribution in [1.29, 1.82) is 0 Å². The second-order valence-corrected chi connectivity index (χ2v) is 7.11. The number of ether oxygens (including phenoxy) is 2. The normalized spacial score (nSPS) is 20.7. The Kier molecular flexibility index (Phi) is 7.75. The lowest BCUT2D eigenvalue weighted by Gasteiger charge is -2.31. The fourth-order valence-electron chi connectivity index (χ4n) is 2.94. The van der Waals surface area contributed by atoms with Gasteiger partial charge in [-0.2, -0.15) is 0 Å². The second kappa shape index (κ2) is 9.81. The summed E-state index contributed by atoms with van der Waals surface area (Å²) in [5, 5.41) is 7.18. The molecule has 1 fully saturated rings. The van der Waals surface area contributed by atoms with Gasteiger partial charge in [-0.1, -0.05) is 26.0 Å². The van der Waals surface area contributed by atoms with Crippen LogP contribution in [0.4, 0.5) is 0 Å². The molecule has 0 spiro atoms. The first-order valence-corrected chi connectivity index (χ1v) is 9.07. The van der Waals surface area contributed by atoms with Gasteiger partial charge in [0.2, 0.25) is 0 Å². The molecule has 2 rings (SSSR count). The van der Waals surface area contributed by atoms with E-state index in [9.17, 15) is 0 Å².